The lowest BCUT2D eigenvalue weighted by molar-refractivity contribution is 0.241. The molecule has 0 radical (unpaired) electrons. The molecule has 0 N–H and O–H groups in total. The van der Waals surface area contributed by atoms with Gasteiger partial charge < -0.3 is 9.47 Å². The van der Waals surface area contributed by atoms with Crippen LogP contribution in [-0.2, 0) is 27.2 Å². The summed E-state index contributed by atoms with van der Waals surface area (Å²) in [7, 11) is 3.06. The van der Waals surface area contributed by atoms with Gasteiger partial charge in [-0.15, -0.1) is 0 Å². The number of piperazine rings is 1. The fourth-order valence-corrected chi connectivity index (χ4v) is 5.13. The van der Waals surface area contributed by atoms with E-state index in [9.17, 15) is 14.0 Å². The molecule has 0 amide bonds. The molecule has 1 aliphatic rings. The lowest BCUT2D eigenvalue weighted by Crippen LogP contribution is -2.46. The summed E-state index contributed by atoms with van der Waals surface area (Å²) in [5.41, 5.74) is 1.19. The zero-order valence-electron chi connectivity index (χ0n) is 19.9. The first kappa shape index (κ1) is 24.5. The molecule has 1 saturated heterocycles. The predicted molar refractivity (Wildman–Crippen MR) is 140 cm³/mol. The van der Waals surface area contributed by atoms with Gasteiger partial charge in [0, 0.05) is 50.3 Å². The van der Waals surface area contributed by atoms with E-state index in [0.29, 0.717) is 72.0 Å². The van der Waals surface area contributed by atoms with E-state index < -0.39 is 11.2 Å². The highest BCUT2D eigenvalue weighted by Gasteiger charge is 2.24. The van der Waals surface area contributed by atoms with Crippen molar-refractivity contribution in [3.63, 3.8) is 0 Å². The smallest absolute Gasteiger partial charge is 0.332 e. The van der Waals surface area contributed by atoms with Gasteiger partial charge >= 0.3 is 5.69 Å². The molecule has 8 nitrogen and oxygen atoms in total. The van der Waals surface area contributed by atoms with Crippen LogP contribution in [0.4, 0.5) is 10.1 Å². The minimum absolute atomic E-state index is 0.232. The number of hydrogen-bond acceptors (Lipinski definition) is 5. The Labute approximate surface area is 216 Å². The quantitative estimate of drug-likeness (QED) is 0.396. The van der Waals surface area contributed by atoms with Gasteiger partial charge in [0.15, 0.2) is 11.2 Å². The maximum Gasteiger partial charge on any atom is 0.332 e. The minimum Gasteiger partial charge on any atom is -0.367 e. The molecule has 1 aliphatic heterocycles. The number of anilines is 1. The Morgan fingerprint density at radius 3 is 2.36 bits per heavy atom. The van der Waals surface area contributed by atoms with Crippen LogP contribution in [0.1, 0.15) is 11.4 Å². The average molecular weight is 531 g/mol. The van der Waals surface area contributed by atoms with Crippen molar-refractivity contribution in [2.24, 2.45) is 14.1 Å². The summed E-state index contributed by atoms with van der Waals surface area (Å²) in [4.78, 5) is 34.7. The zero-order valence-corrected chi connectivity index (χ0v) is 21.4. The number of para-hydroxylation sites is 1. The molecule has 11 heteroatoms. The molecule has 0 saturated carbocycles. The van der Waals surface area contributed by atoms with Gasteiger partial charge in [-0.3, -0.25) is 18.8 Å². The van der Waals surface area contributed by atoms with Crippen LogP contribution in [0.5, 0.6) is 0 Å². The van der Waals surface area contributed by atoms with E-state index in [1.54, 1.807) is 31.3 Å². The van der Waals surface area contributed by atoms with Crippen molar-refractivity contribution in [1.82, 2.24) is 23.6 Å². The Morgan fingerprint density at radius 2 is 1.67 bits per heavy atom. The number of halogens is 3. The molecule has 0 atom stereocenters. The van der Waals surface area contributed by atoms with Crippen molar-refractivity contribution in [2.75, 3.05) is 31.1 Å². The second kappa shape index (κ2) is 9.72. The number of rotatable bonds is 5. The third-order valence-electron chi connectivity index (χ3n) is 6.70. The molecule has 5 rings (SSSR count). The van der Waals surface area contributed by atoms with Crippen LogP contribution >= 0.6 is 23.2 Å². The molecule has 0 spiro atoms. The third-order valence-corrected chi connectivity index (χ3v) is 7.29. The summed E-state index contributed by atoms with van der Waals surface area (Å²) in [6, 6.07) is 12.0. The predicted octanol–water partition coefficient (Wildman–Crippen LogP) is 3.25. The van der Waals surface area contributed by atoms with Crippen LogP contribution in [0.25, 0.3) is 11.2 Å². The summed E-state index contributed by atoms with van der Waals surface area (Å²) in [6.45, 7) is 3.45. The van der Waals surface area contributed by atoms with Crippen LogP contribution in [0.2, 0.25) is 10.0 Å². The normalized spacial score (nSPS) is 14.6. The third kappa shape index (κ3) is 4.42. The lowest BCUT2D eigenvalue weighted by atomic mass is 10.2. The van der Waals surface area contributed by atoms with E-state index in [2.05, 4.69) is 4.90 Å². The molecule has 2 aromatic heterocycles. The van der Waals surface area contributed by atoms with Crippen LogP contribution in [0, 0.1) is 5.82 Å². The topological polar surface area (TPSA) is 68.3 Å². The van der Waals surface area contributed by atoms with Crippen LogP contribution in [0.15, 0.2) is 52.1 Å². The molecular formula is C25H25Cl2FN6O2. The Balaban J connectivity index is 1.50. The number of aromatic nitrogens is 4. The van der Waals surface area contributed by atoms with Gasteiger partial charge in [0.05, 0.1) is 18.8 Å². The number of nitrogens with zero attached hydrogens (tertiary/aromatic N) is 6. The van der Waals surface area contributed by atoms with Gasteiger partial charge in [-0.1, -0.05) is 41.4 Å². The van der Waals surface area contributed by atoms with Crippen molar-refractivity contribution in [1.29, 1.82) is 0 Å². The summed E-state index contributed by atoms with van der Waals surface area (Å²) in [6.07, 6.45) is 0. The molecule has 188 valence electrons. The van der Waals surface area contributed by atoms with Gasteiger partial charge in [-0.2, -0.15) is 0 Å². The molecule has 0 bridgehead atoms. The van der Waals surface area contributed by atoms with Gasteiger partial charge in [0.2, 0.25) is 0 Å². The molecular weight excluding hydrogens is 506 g/mol. The fraction of sp³-hybridized carbons (Fsp3) is 0.320. The standard InChI is InChI=1S/C25H25Cl2FN6O2/c1-30-23-22(24(35)31(2)25(30)36)34(14-16-7-8-17(26)13-18(16)27)21(29-23)15-32-9-11-33(12-10-32)20-6-4-3-5-19(20)28/h3-8,13H,9-12,14-15H2,1-2H3. The maximum absolute atomic E-state index is 14.2. The van der Waals surface area contributed by atoms with E-state index in [0.717, 1.165) is 10.1 Å². The van der Waals surface area contributed by atoms with E-state index >= 15 is 0 Å². The summed E-state index contributed by atoms with van der Waals surface area (Å²) >= 11 is 12.5. The maximum atomic E-state index is 14.2. The van der Waals surface area contributed by atoms with E-state index in [1.807, 2.05) is 21.6 Å². The number of imidazole rings is 1. The van der Waals surface area contributed by atoms with E-state index in [1.165, 1.54) is 17.7 Å². The first-order valence-corrected chi connectivity index (χ1v) is 12.3. The lowest BCUT2D eigenvalue weighted by Gasteiger charge is -2.36. The molecule has 0 unspecified atom stereocenters. The zero-order chi connectivity index (χ0) is 25.6. The Hall–Kier alpha value is -3.14. The Bertz CT molecular complexity index is 1570. The molecule has 3 heterocycles. The van der Waals surface area contributed by atoms with Crippen LogP contribution in [0.3, 0.4) is 0 Å². The second-order valence-corrected chi connectivity index (χ2v) is 9.79. The highest BCUT2D eigenvalue weighted by atomic mass is 35.5. The number of fused-ring (bicyclic) bond motifs is 1. The van der Waals surface area contributed by atoms with Crippen molar-refractivity contribution in [3.8, 4) is 0 Å². The van der Waals surface area contributed by atoms with E-state index in [4.69, 9.17) is 28.2 Å². The largest absolute Gasteiger partial charge is 0.367 e. The SMILES string of the molecule is Cn1c(=O)c2c(nc(CN3CCN(c4ccccc4F)CC3)n2Cc2ccc(Cl)cc2Cl)n(C)c1=O. The molecule has 1 fully saturated rings. The van der Waals surface area contributed by atoms with Gasteiger partial charge in [0.25, 0.3) is 5.56 Å². The molecule has 36 heavy (non-hydrogen) atoms. The van der Waals surface area contributed by atoms with Gasteiger partial charge in [-0.25, -0.2) is 14.2 Å². The number of hydrogen-bond donors (Lipinski definition) is 0. The van der Waals surface area contributed by atoms with Gasteiger partial charge in [0.1, 0.15) is 11.6 Å². The number of benzene rings is 2. The average Bonchev–Trinajstić information content (AvgIpc) is 3.22. The Kier molecular flexibility index (Phi) is 6.63. The second-order valence-electron chi connectivity index (χ2n) is 8.94. The highest BCUT2D eigenvalue weighted by Crippen LogP contribution is 2.25. The highest BCUT2D eigenvalue weighted by molar-refractivity contribution is 6.35. The van der Waals surface area contributed by atoms with Crippen LogP contribution < -0.4 is 16.1 Å². The van der Waals surface area contributed by atoms with Gasteiger partial charge in [-0.05, 0) is 29.8 Å². The number of aryl methyl sites for hydroxylation is 1. The fourth-order valence-electron chi connectivity index (χ4n) is 4.66. The minimum atomic E-state index is -0.438. The van der Waals surface area contributed by atoms with Crippen molar-refractivity contribution < 1.29 is 4.39 Å². The monoisotopic (exact) mass is 530 g/mol. The molecule has 4 aromatic rings. The van der Waals surface area contributed by atoms with Crippen molar-refractivity contribution in [3.05, 3.63) is 90.6 Å². The molecule has 2 aromatic carbocycles. The van der Waals surface area contributed by atoms with E-state index in [-0.39, 0.29) is 5.82 Å². The van der Waals surface area contributed by atoms with Crippen LogP contribution in [-0.4, -0.2) is 49.8 Å². The first-order chi connectivity index (χ1) is 17.2. The Morgan fingerprint density at radius 1 is 0.944 bits per heavy atom. The summed E-state index contributed by atoms with van der Waals surface area (Å²) in [5.74, 6) is 0.415. The van der Waals surface area contributed by atoms with Crippen molar-refractivity contribution >= 4 is 40.1 Å². The summed E-state index contributed by atoms with van der Waals surface area (Å²) < 4.78 is 18.5. The summed E-state index contributed by atoms with van der Waals surface area (Å²) in [5, 5.41) is 1.00. The molecule has 0 aliphatic carbocycles. The first-order valence-electron chi connectivity index (χ1n) is 11.6. The van der Waals surface area contributed by atoms with Crippen molar-refractivity contribution in [2.45, 2.75) is 13.1 Å².